The molecule has 1 amide bonds. The fraction of sp³-hybridized carbons (Fsp3) is 0.158. The van der Waals surface area contributed by atoms with Crippen LogP contribution in [0.4, 0.5) is 0 Å². The number of hydrogen-bond donors (Lipinski definition) is 4. The molecule has 0 aliphatic rings. The highest BCUT2D eigenvalue weighted by atomic mass is 35.5. The Labute approximate surface area is 161 Å². The summed E-state index contributed by atoms with van der Waals surface area (Å²) in [5.41, 5.74) is 5.69. The first-order valence-corrected chi connectivity index (χ1v) is 8.36. The first kappa shape index (κ1) is 20.1. The minimum atomic E-state index is -0.719. The van der Waals surface area contributed by atoms with Crippen LogP contribution < -0.4 is 15.8 Å². The summed E-state index contributed by atoms with van der Waals surface area (Å²) in [6.45, 7) is 2.03. The Kier molecular flexibility index (Phi) is 6.31. The average molecular weight is 391 g/mol. The largest absolute Gasteiger partial charge is 0.507 e. The second kappa shape index (κ2) is 8.46. The third-order valence-electron chi connectivity index (χ3n) is 3.77. The van der Waals surface area contributed by atoms with E-state index in [1.807, 2.05) is 0 Å². The van der Waals surface area contributed by atoms with Crippen molar-refractivity contribution < 1.29 is 24.5 Å². The van der Waals surface area contributed by atoms with Crippen LogP contribution in [-0.2, 0) is 4.79 Å². The van der Waals surface area contributed by atoms with Crippen LogP contribution in [0, 0.1) is 0 Å². The van der Waals surface area contributed by atoms with Gasteiger partial charge in [0.05, 0.1) is 23.3 Å². The maximum absolute atomic E-state index is 13.1. The molecule has 0 saturated carbocycles. The van der Waals surface area contributed by atoms with E-state index >= 15 is 0 Å². The van der Waals surface area contributed by atoms with Gasteiger partial charge in [0.1, 0.15) is 22.9 Å². The summed E-state index contributed by atoms with van der Waals surface area (Å²) in [6.07, 6.45) is 0. The van der Waals surface area contributed by atoms with Gasteiger partial charge in [-0.05, 0) is 30.7 Å². The zero-order chi connectivity index (χ0) is 20.1. The molecule has 0 saturated heterocycles. The number of carbonyl (C=O) groups is 2. The third kappa shape index (κ3) is 4.32. The predicted molar refractivity (Wildman–Crippen MR) is 102 cm³/mol. The fourth-order valence-electron chi connectivity index (χ4n) is 2.40. The molecule has 0 fully saturated rings. The molecule has 0 heterocycles. The molecule has 8 heteroatoms. The zero-order valence-corrected chi connectivity index (χ0v) is 15.5. The van der Waals surface area contributed by atoms with Gasteiger partial charge in [-0.15, -0.1) is 0 Å². The van der Waals surface area contributed by atoms with Gasteiger partial charge in [0.15, 0.2) is 5.78 Å². The molecule has 0 aromatic heterocycles. The molecule has 0 aliphatic carbocycles. The van der Waals surface area contributed by atoms with E-state index in [0.717, 1.165) is 12.1 Å². The number of hydrogen-bond acceptors (Lipinski definition) is 6. The molecule has 0 radical (unpaired) electrons. The Bertz CT molecular complexity index is 907. The summed E-state index contributed by atoms with van der Waals surface area (Å²) in [6, 6.07) is 8.41. The van der Waals surface area contributed by atoms with Gasteiger partial charge in [-0.1, -0.05) is 23.7 Å². The predicted octanol–water partition coefficient (Wildman–Crippen LogP) is 2.45. The molecule has 27 heavy (non-hydrogen) atoms. The molecule has 0 unspecified atom stereocenters. The molecule has 0 atom stereocenters. The smallest absolute Gasteiger partial charge is 0.267 e. The second-order valence-corrected chi connectivity index (χ2v) is 5.93. The first-order chi connectivity index (χ1) is 12.8. The lowest BCUT2D eigenvalue weighted by Crippen LogP contribution is -2.30. The number of aromatic hydroxyl groups is 2. The minimum Gasteiger partial charge on any atom is -0.507 e. The second-order valence-electron chi connectivity index (χ2n) is 5.53. The molecule has 7 nitrogen and oxygen atoms in total. The summed E-state index contributed by atoms with van der Waals surface area (Å²) in [7, 11) is 1.50. The first-order valence-electron chi connectivity index (χ1n) is 7.98. The van der Waals surface area contributed by atoms with Gasteiger partial charge in [0.25, 0.3) is 5.91 Å². The highest BCUT2D eigenvalue weighted by molar-refractivity contribution is 6.36. The maximum atomic E-state index is 13.1. The van der Waals surface area contributed by atoms with Crippen LogP contribution in [0.3, 0.4) is 0 Å². The van der Waals surface area contributed by atoms with Crippen LogP contribution >= 0.6 is 11.6 Å². The number of phenolic OH excluding ortho intramolecular Hbond substituents is 2. The third-order valence-corrected chi connectivity index (χ3v) is 4.07. The number of rotatable bonds is 6. The SMILES string of the molecule is CCNC(=O)C(N)=C(C(=O)c1cc(Cl)c(O)cc1O)c1ccc(OC)cc1. The fourth-order valence-corrected chi connectivity index (χ4v) is 2.57. The van der Waals surface area contributed by atoms with E-state index < -0.39 is 17.4 Å². The number of ketones is 1. The van der Waals surface area contributed by atoms with Crippen LogP contribution in [0.1, 0.15) is 22.8 Å². The monoisotopic (exact) mass is 390 g/mol. The highest BCUT2D eigenvalue weighted by Gasteiger charge is 2.25. The summed E-state index contributed by atoms with van der Waals surface area (Å²) in [5, 5.41) is 22.0. The minimum absolute atomic E-state index is 0.111. The van der Waals surface area contributed by atoms with Crippen molar-refractivity contribution in [2.45, 2.75) is 6.92 Å². The van der Waals surface area contributed by atoms with Crippen LogP contribution in [0.25, 0.3) is 5.57 Å². The highest BCUT2D eigenvalue weighted by Crippen LogP contribution is 2.34. The molecule has 0 spiro atoms. The van der Waals surface area contributed by atoms with Gasteiger partial charge >= 0.3 is 0 Å². The quantitative estimate of drug-likeness (QED) is 0.444. The summed E-state index contributed by atoms with van der Waals surface area (Å²) >= 11 is 5.86. The molecule has 142 valence electrons. The number of phenols is 2. The summed E-state index contributed by atoms with van der Waals surface area (Å²) in [5.74, 6) is -1.66. The number of likely N-dealkylation sites (N-methyl/N-ethyl adjacent to an activating group) is 1. The van der Waals surface area contributed by atoms with Crippen molar-refractivity contribution >= 4 is 28.9 Å². The van der Waals surface area contributed by atoms with Crippen molar-refractivity contribution in [2.75, 3.05) is 13.7 Å². The van der Waals surface area contributed by atoms with Crippen LogP contribution in [0.2, 0.25) is 5.02 Å². The van der Waals surface area contributed by atoms with Crippen molar-refractivity contribution in [1.29, 1.82) is 0 Å². The van der Waals surface area contributed by atoms with Crippen LogP contribution in [0.15, 0.2) is 42.1 Å². The maximum Gasteiger partial charge on any atom is 0.267 e. The van der Waals surface area contributed by atoms with Gasteiger partial charge in [-0.2, -0.15) is 0 Å². The number of halogens is 1. The Morgan fingerprint density at radius 2 is 1.78 bits per heavy atom. The lowest BCUT2D eigenvalue weighted by Gasteiger charge is -2.13. The van der Waals surface area contributed by atoms with Gasteiger partial charge < -0.3 is 26.0 Å². The van der Waals surface area contributed by atoms with E-state index in [-0.39, 0.29) is 27.6 Å². The molecule has 2 aromatic rings. The zero-order valence-electron chi connectivity index (χ0n) is 14.7. The number of ether oxygens (including phenoxy) is 1. The van der Waals surface area contributed by atoms with Gasteiger partial charge in [-0.3, -0.25) is 9.59 Å². The van der Waals surface area contributed by atoms with Gasteiger partial charge in [0.2, 0.25) is 0 Å². The standard InChI is InChI=1S/C19H19ClN2O5/c1-3-22-19(26)17(21)16(10-4-6-11(27-2)7-5-10)18(25)12-8-13(20)15(24)9-14(12)23/h4-9,23-24H,3,21H2,1-2H3,(H,22,26). The average Bonchev–Trinajstić information content (AvgIpc) is 2.65. The number of Topliss-reactive ketones (excluding diaryl/α,β-unsaturated/α-hetero) is 1. The van der Waals surface area contributed by atoms with E-state index in [9.17, 15) is 19.8 Å². The Hall–Kier alpha value is -3.19. The van der Waals surface area contributed by atoms with E-state index in [0.29, 0.717) is 17.9 Å². The Morgan fingerprint density at radius 1 is 1.15 bits per heavy atom. The molecule has 0 bridgehead atoms. The van der Waals surface area contributed by atoms with Crippen LogP contribution in [-0.4, -0.2) is 35.6 Å². The molecular weight excluding hydrogens is 372 g/mol. The number of benzene rings is 2. The summed E-state index contributed by atoms with van der Waals surface area (Å²) < 4.78 is 5.09. The van der Waals surface area contributed by atoms with Crippen molar-refractivity contribution in [1.82, 2.24) is 5.32 Å². The number of nitrogens with one attached hydrogen (secondary N) is 1. The number of nitrogens with two attached hydrogens (primary N) is 1. The van der Waals surface area contributed by atoms with E-state index in [4.69, 9.17) is 22.1 Å². The van der Waals surface area contributed by atoms with E-state index in [2.05, 4.69) is 5.32 Å². The van der Waals surface area contributed by atoms with Gasteiger partial charge in [-0.25, -0.2) is 0 Å². The van der Waals surface area contributed by atoms with Crippen molar-refractivity contribution in [3.8, 4) is 17.2 Å². The Balaban J connectivity index is 2.65. The van der Waals surface area contributed by atoms with Gasteiger partial charge in [0, 0.05) is 12.6 Å². The molecule has 5 N–H and O–H groups in total. The molecule has 2 aromatic carbocycles. The summed E-state index contributed by atoms with van der Waals surface area (Å²) in [4.78, 5) is 25.3. The van der Waals surface area contributed by atoms with E-state index in [1.54, 1.807) is 31.2 Å². The number of carbonyl (C=O) groups excluding carboxylic acids is 2. The lowest BCUT2D eigenvalue weighted by atomic mass is 9.94. The lowest BCUT2D eigenvalue weighted by molar-refractivity contribution is -0.117. The Morgan fingerprint density at radius 3 is 2.33 bits per heavy atom. The van der Waals surface area contributed by atoms with Crippen molar-refractivity contribution in [3.05, 3.63) is 58.2 Å². The number of amides is 1. The van der Waals surface area contributed by atoms with Crippen molar-refractivity contribution in [2.24, 2.45) is 5.73 Å². The topological polar surface area (TPSA) is 122 Å². The molecular formula is C19H19ClN2O5. The number of allylic oxidation sites excluding steroid dienone is 1. The molecule has 0 aliphatic heterocycles. The van der Waals surface area contributed by atoms with E-state index in [1.165, 1.54) is 7.11 Å². The normalized spacial score (nSPS) is 11.5. The van der Waals surface area contributed by atoms with Crippen molar-refractivity contribution in [3.63, 3.8) is 0 Å². The number of methoxy groups -OCH3 is 1. The van der Waals surface area contributed by atoms with Crippen LogP contribution in [0.5, 0.6) is 17.2 Å². The molecule has 2 rings (SSSR count).